The van der Waals surface area contributed by atoms with Crippen LogP contribution >= 0.6 is 0 Å². The maximum absolute atomic E-state index is 2.34. The van der Waals surface area contributed by atoms with E-state index in [0.717, 1.165) is 0 Å². The highest BCUT2D eigenvalue weighted by atomic mass is 14.2. The van der Waals surface area contributed by atoms with E-state index >= 15 is 0 Å². The Morgan fingerprint density at radius 3 is 1.07 bits per heavy atom. The summed E-state index contributed by atoms with van der Waals surface area (Å²) in [5.74, 6) is 0. The molecule has 0 atom stereocenters. The Hall–Kier alpha value is -10.9. The van der Waals surface area contributed by atoms with Gasteiger partial charge in [0, 0.05) is 0 Å². The van der Waals surface area contributed by atoms with E-state index in [0.29, 0.717) is 0 Å². The van der Waals surface area contributed by atoms with Gasteiger partial charge in [0.2, 0.25) is 0 Å². The van der Waals surface area contributed by atoms with Crippen molar-refractivity contribution in [2.45, 2.75) is 0 Å². The molecule has 0 nitrogen and oxygen atoms in total. The average Bonchev–Trinajstić information content (AvgIpc) is 2.55. The van der Waals surface area contributed by atoms with Crippen molar-refractivity contribution in [3.05, 3.63) is 315 Å². The molecule has 0 saturated heterocycles. The normalized spacial score (nSPS) is 11.8. The SMILES string of the molecule is c1cc(-c2ccc(-c3ccc4ccc5cccc6ccc3c4c56)cc2)cc(-c2ccc3ccc4cccc5ccc2c3c45)c1.c1ccc2cc(-c3ccc(-c4c5ccccc5c(-c5cccc6ccccc56)c5ccccc45)cc3)ccc2c1. The molecular formula is C84H52. The van der Waals surface area contributed by atoms with Gasteiger partial charge < -0.3 is 0 Å². The lowest BCUT2D eigenvalue weighted by molar-refractivity contribution is 1.60. The molecule has 18 aromatic rings. The zero-order chi connectivity index (χ0) is 55.2. The standard InChI is InChI=1S/C44H26.C40H26/c1-4-29-14-16-33-18-22-37(39-24-20-31(6-1)41(29)43(33)39)28-12-10-27(11-13-28)35-8-3-9-36(26-35)38-23-19-34-17-15-30-5-2-7-32-21-25-40(38)44(34)42(30)32;1-2-12-31-26-32(25-22-27(31)10-1)28-20-23-30(24-21-28)39-35-15-5-7-17-37(35)40(38-18-8-6-16-36(38)39)34-19-9-13-29-11-3-4-14-33(29)34/h1-26H;1-26H. The molecule has 0 aliphatic rings. The summed E-state index contributed by atoms with van der Waals surface area (Å²) in [5.41, 5.74) is 15.1. The van der Waals surface area contributed by atoms with Crippen LogP contribution in [0.15, 0.2) is 315 Å². The Morgan fingerprint density at radius 2 is 0.488 bits per heavy atom. The zero-order valence-corrected chi connectivity index (χ0v) is 46.0. The fourth-order valence-electron chi connectivity index (χ4n) is 14.1. The Balaban J connectivity index is 0.000000133. The monoisotopic (exact) mass is 1060 g/mol. The largest absolute Gasteiger partial charge is 0.0616 e. The molecule has 0 aromatic heterocycles. The minimum atomic E-state index is 1.23. The summed E-state index contributed by atoms with van der Waals surface area (Å²) >= 11 is 0. The summed E-state index contributed by atoms with van der Waals surface area (Å²) in [6.45, 7) is 0. The second-order valence-corrected chi connectivity index (χ2v) is 22.6. The second-order valence-electron chi connectivity index (χ2n) is 22.6. The van der Waals surface area contributed by atoms with Gasteiger partial charge in [0.15, 0.2) is 0 Å². The molecule has 18 rings (SSSR count). The number of hydrogen-bond donors (Lipinski definition) is 0. The van der Waals surface area contributed by atoms with Crippen molar-refractivity contribution in [3.63, 3.8) is 0 Å². The Bertz CT molecular complexity index is 5490. The zero-order valence-electron chi connectivity index (χ0n) is 46.0. The molecule has 84 heavy (non-hydrogen) atoms. The van der Waals surface area contributed by atoms with Crippen LogP contribution in [0.25, 0.3) is 174 Å². The topological polar surface area (TPSA) is 0 Å². The molecular weight excluding hydrogens is 1010 g/mol. The fourth-order valence-corrected chi connectivity index (χ4v) is 14.1. The molecule has 0 amide bonds. The van der Waals surface area contributed by atoms with Gasteiger partial charge >= 0.3 is 0 Å². The van der Waals surface area contributed by atoms with Crippen molar-refractivity contribution in [2.75, 3.05) is 0 Å². The Kier molecular flexibility index (Phi) is 11.0. The quantitative estimate of drug-likeness (QED) is 0.115. The molecule has 18 aromatic carbocycles. The molecule has 0 aliphatic carbocycles. The van der Waals surface area contributed by atoms with Crippen LogP contribution in [-0.4, -0.2) is 0 Å². The molecule has 0 unspecified atom stereocenters. The minimum Gasteiger partial charge on any atom is -0.0616 e. The molecule has 0 heterocycles. The fraction of sp³-hybridized carbons (Fsp3) is 0. The smallest absolute Gasteiger partial charge is 0.00201 e. The summed E-state index contributed by atoms with van der Waals surface area (Å²) < 4.78 is 0. The summed E-state index contributed by atoms with van der Waals surface area (Å²) in [4.78, 5) is 0. The van der Waals surface area contributed by atoms with Gasteiger partial charge in [-0.2, -0.15) is 0 Å². The molecule has 0 fully saturated rings. The van der Waals surface area contributed by atoms with Crippen molar-refractivity contribution >= 4 is 108 Å². The van der Waals surface area contributed by atoms with Crippen LogP contribution in [0.2, 0.25) is 0 Å². The first-order valence-electron chi connectivity index (χ1n) is 29.2. The molecule has 0 N–H and O–H groups in total. The van der Waals surface area contributed by atoms with Gasteiger partial charge in [-0.15, -0.1) is 0 Å². The van der Waals surface area contributed by atoms with Crippen LogP contribution in [0.5, 0.6) is 0 Å². The summed E-state index contributed by atoms with van der Waals surface area (Å²) in [5, 5.41) is 26.1. The van der Waals surface area contributed by atoms with E-state index in [1.54, 1.807) is 0 Å². The van der Waals surface area contributed by atoms with E-state index in [-0.39, 0.29) is 0 Å². The predicted octanol–water partition coefficient (Wildman–Crippen LogP) is 23.8. The third-order valence-corrected chi connectivity index (χ3v) is 18.0. The number of rotatable bonds is 6. The van der Waals surface area contributed by atoms with Crippen molar-refractivity contribution in [2.24, 2.45) is 0 Å². The number of fused-ring (bicyclic) bond motifs is 4. The van der Waals surface area contributed by atoms with Crippen LogP contribution in [0, 0.1) is 0 Å². The van der Waals surface area contributed by atoms with Gasteiger partial charge in [-0.05, 0) is 187 Å². The van der Waals surface area contributed by atoms with Gasteiger partial charge in [-0.25, -0.2) is 0 Å². The maximum Gasteiger partial charge on any atom is -0.00201 e. The van der Waals surface area contributed by atoms with E-state index in [1.165, 1.54) is 174 Å². The predicted molar refractivity (Wildman–Crippen MR) is 363 cm³/mol. The van der Waals surface area contributed by atoms with E-state index in [2.05, 4.69) is 315 Å². The molecule has 0 aliphatic heterocycles. The lowest BCUT2D eigenvalue weighted by Crippen LogP contribution is -1.91. The molecule has 0 saturated carbocycles. The summed E-state index contributed by atoms with van der Waals surface area (Å²) in [6.07, 6.45) is 0. The summed E-state index contributed by atoms with van der Waals surface area (Å²) in [6, 6.07) is 116. The van der Waals surface area contributed by atoms with Crippen LogP contribution in [0.4, 0.5) is 0 Å². The van der Waals surface area contributed by atoms with E-state index in [9.17, 15) is 0 Å². The van der Waals surface area contributed by atoms with Crippen molar-refractivity contribution in [1.82, 2.24) is 0 Å². The maximum atomic E-state index is 2.34. The number of hydrogen-bond acceptors (Lipinski definition) is 0. The molecule has 0 radical (unpaired) electrons. The molecule has 0 spiro atoms. The van der Waals surface area contributed by atoms with Crippen molar-refractivity contribution in [1.29, 1.82) is 0 Å². The van der Waals surface area contributed by atoms with Crippen LogP contribution in [0.1, 0.15) is 0 Å². The van der Waals surface area contributed by atoms with Crippen LogP contribution in [-0.2, 0) is 0 Å². The Labute approximate surface area is 487 Å². The molecule has 0 heteroatoms. The first kappa shape index (κ1) is 47.8. The van der Waals surface area contributed by atoms with Gasteiger partial charge in [0.25, 0.3) is 0 Å². The average molecular weight is 1060 g/mol. The summed E-state index contributed by atoms with van der Waals surface area (Å²) in [7, 11) is 0. The highest BCUT2D eigenvalue weighted by molar-refractivity contribution is 6.27. The number of benzene rings is 18. The highest BCUT2D eigenvalue weighted by Crippen LogP contribution is 2.47. The minimum absolute atomic E-state index is 1.23. The Morgan fingerprint density at radius 1 is 0.131 bits per heavy atom. The lowest BCUT2D eigenvalue weighted by atomic mass is 9.84. The van der Waals surface area contributed by atoms with Crippen LogP contribution < -0.4 is 0 Å². The second kappa shape index (κ2) is 19.4. The van der Waals surface area contributed by atoms with Crippen molar-refractivity contribution < 1.29 is 0 Å². The third kappa shape index (κ3) is 7.76. The van der Waals surface area contributed by atoms with Gasteiger partial charge in [0.05, 0.1) is 0 Å². The van der Waals surface area contributed by atoms with Crippen molar-refractivity contribution in [3.8, 4) is 66.8 Å². The van der Waals surface area contributed by atoms with Crippen LogP contribution in [0.3, 0.4) is 0 Å². The van der Waals surface area contributed by atoms with E-state index < -0.39 is 0 Å². The molecule has 0 bridgehead atoms. The van der Waals surface area contributed by atoms with Gasteiger partial charge in [-0.1, -0.05) is 303 Å². The van der Waals surface area contributed by atoms with E-state index in [1.807, 2.05) is 0 Å². The van der Waals surface area contributed by atoms with Gasteiger partial charge in [-0.3, -0.25) is 0 Å². The molecule has 388 valence electrons. The van der Waals surface area contributed by atoms with Gasteiger partial charge in [0.1, 0.15) is 0 Å². The lowest BCUT2D eigenvalue weighted by Gasteiger charge is -2.19. The third-order valence-electron chi connectivity index (χ3n) is 18.0. The highest BCUT2D eigenvalue weighted by Gasteiger charge is 2.19. The first-order chi connectivity index (χ1) is 41.6. The van der Waals surface area contributed by atoms with E-state index in [4.69, 9.17) is 0 Å². The first-order valence-corrected chi connectivity index (χ1v) is 29.2.